The minimum absolute atomic E-state index is 0.0874. The van der Waals surface area contributed by atoms with E-state index in [1.54, 1.807) is 0 Å². The molecule has 0 saturated heterocycles. The van der Waals surface area contributed by atoms with Crippen molar-refractivity contribution >= 4 is 0 Å². The van der Waals surface area contributed by atoms with Gasteiger partial charge in [0, 0.05) is 11.8 Å². The molecule has 0 aliphatic rings. The number of aliphatic hydroxyl groups is 1. The Bertz CT molecular complexity index is 365. The molecular weight excluding hydrogens is 220 g/mol. The Morgan fingerprint density at radius 1 is 1.06 bits per heavy atom. The summed E-state index contributed by atoms with van der Waals surface area (Å²) in [5.74, 6) is 9.01. The Hall–Kier alpha value is -0.920. The molecule has 0 aromatic heterocycles. The van der Waals surface area contributed by atoms with Crippen LogP contribution in [-0.2, 0) is 0 Å². The van der Waals surface area contributed by atoms with E-state index in [0.29, 0.717) is 12.8 Å². The van der Waals surface area contributed by atoms with Crippen molar-refractivity contribution in [1.82, 2.24) is 0 Å². The van der Waals surface area contributed by atoms with Crippen LogP contribution < -0.4 is 0 Å². The van der Waals surface area contributed by atoms with Crippen molar-refractivity contribution in [3.8, 4) is 24.2 Å². The predicted octanol–water partition coefficient (Wildman–Crippen LogP) is 3.86. The Morgan fingerprint density at radius 3 is 1.89 bits per heavy atom. The summed E-state index contributed by atoms with van der Waals surface area (Å²) in [6.45, 7) is 14.3. The van der Waals surface area contributed by atoms with Crippen LogP contribution in [-0.4, -0.2) is 10.7 Å². The summed E-state index contributed by atoms with van der Waals surface area (Å²) in [6.07, 6.45) is 6.64. The SMILES string of the molecule is C#CCC(C)(C)CC(O)(C#CC(C)(C)C)C(C)C. The van der Waals surface area contributed by atoms with Crippen molar-refractivity contribution in [3.05, 3.63) is 0 Å². The molecule has 0 saturated carbocycles. The van der Waals surface area contributed by atoms with E-state index >= 15 is 0 Å². The lowest BCUT2D eigenvalue weighted by atomic mass is 9.73. The van der Waals surface area contributed by atoms with Gasteiger partial charge in [-0.1, -0.05) is 39.5 Å². The minimum Gasteiger partial charge on any atom is -0.377 e. The fourth-order valence-corrected chi connectivity index (χ4v) is 1.76. The van der Waals surface area contributed by atoms with Crippen molar-refractivity contribution < 1.29 is 5.11 Å². The van der Waals surface area contributed by atoms with Gasteiger partial charge in [0.05, 0.1) is 0 Å². The van der Waals surface area contributed by atoms with Gasteiger partial charge >= 0.3 is 0 Å². The summed E-state index contributed by atoms with van der Waals surface area (Å²) in [5, 5.41) is 10.8. The molecule has 0 amide bonds. The average molecular weight is 248 g/mol. The molecule has 1 atom stereocenters. The van der Waals surface area contributed by atoms with Crippen LogP contribution in [0.5, 0.6) is 0 Å². The van der Waals surface area contributed by atoms with Crippen molar-refractivity contribution in [1.29, 1.82) is 0 Å². The van der Waals surface area contributed by atoms with E-state index in [9.17, 15) is 5.11 Å². The standard InChI is InChI=1S/C17H28O/c1-9-10-16(7,8)13-17(18,14(2)3)12-11-15(4,5)6/h1,14,18H,10,13H2,2-8H3. The van der Waals surface area contributed by atoms with Crippen molar-refractivity contribution in [3.63, 3.8) is 0 Å². The monoisotopic (exact) mass is 248 g/mol. The topological polar surface area (TPSA) is 20.2 Å². The quantitative estimate of drug-likeness (QED) is 0.749. The van der Waals surface area contributed by atoms with Crippen LogP contribution in [0.3, 0.4) is 0 Å². The van der Waals surface area contributed by atoms with E-state index in [4.69, 9.17) is 6.42 Å². The number of terminal acetylenes is 1. The average Bonchev–Trinajstić information content (AvgIpc) is 2.12. The molecule has 0 bridgehead atoms. The van der Waals surface area contributed by atoms with Gasteiger partial charge in [0.15, 0.2) is 0 Å². The third-order valence-corrected chi connectivity index (χ3v) is 2.94. The maximum absolute atomic E-state index is 10.8. The molecule has 1 unspecified atom stereocenters. The second kappa shape index (κ2) is 5.81. The highest BCUT2D eigenvalue weighted by Crippen LogP contribution is 2.35. The van der Waals surface area contributed by atoms with Crippen LogP contribution in [0.2, 0.25) is 0 Å². The van der Waals surface area contributed by atoms with E-state index < -0.39 is 5.60 Å². The highest BCUT2D eigenvalue weighted by atomic mass is 16.3. The molecule has 0 aromatic rings. The minimum atomic E-state index is -0.965. The molecule has 1 N–H and O–H groups in total. The first-order valence-corrected chi connectivity index (χ1v) is 6.62. The second-order valence-electron chi connectivity index (χ2n) is 7.30. The molecule has 0 aliphatic carbocycles. The maximum Gasteiger partial charge on any atom is 0.128 e. The number of rotatable bonds is 4. The highest BCUT2D eigenvalue weighted by molar-refractivity contribution is 5.20. The molecule has 0 fully saturated rings. The Balaban J connectivity index is 5.18. The second-order valence-corrected chi connectivity index (χ2v) is 7.30. The zero-order valence-corrected chi connectivity index (χ0v) is 13.0. The molecule has 102 valence electrons. The van der Waals surface area contributed by atoms with Crippen molar-refractivity contribution in [2.75, 3.05) is 0 Å². The molecular formula is C17H28O. The van der Waals surface area contributed by atoms with Gasteiger partial charge in [0.2, 0.25) is 0 Å². The van der Waals surface area contributed by atoms with Crippen LogP contribution in [0.25, 0.3) is 0 Å². The summed E-state index contributed by atoms with van der Waals surface area (Å²) < 4.78 is 0. The molecule has 1 nitrogen and oxygen atoms in total. The molecule has 1 heteroatoms. The largest absolute Gasteiger partial charge is 0.377 e. The summed E-state index contributed by atoms with van der Waals surface area (Å²) in [4.78, 5) is 0. The zero-order valence-electron chi connectivity index (χ0n) is 13.0. The maximum atomic E-state index is 10.8. The van der Waals surface area contributed by atoms with Gasteiger partial charge in [-0.3, -0.25) is 0 Å². The van der Waals surface area contributed by atoms with Crippen LogP contribution in [0.1, 0.15) is 61.3 Å². The van der Waals surface area contributed by atoms with Crippen LogP contribution in [0, 0.1) is 40.9 Å². The molecule has 0 spiro atoms. The van der Waals surface area contributed by atoms with Gasteiger partial charge in [0.1, 0.15) is 5.60 Å². The van der Waals surface area contributed by atoms with Gasteiger partial charge < -0.3 is 5.11 Å². The Labute approximate surface area is 113 Å². The van der Waals surface area contributed by atoms with Gasteiger partial charge in [0.25, 0.3) is 0 Å². The molecule has 0 aliphatic heterocycles. The van der Waals surface area contributed by atoms with Gasteiger partial charge in [-0.2, -0.15) is 0 Å². The van der Waals surface area contributed by atoms with E-state index in [1.165, 1.54) is 0 Å². The molecule has 0 heterocycles. The van der Waals surface area contributed by atoms with E-state index in [-0.39, 0.29) is 16.7 Å². The lowest BCUT2D eigenvalue weighted by Crippen LogP contribution is -2.38. The third kappa shape index (κ3) is 6.13. The molecule has 0 aromatic carbocycles. The van der Waals surface area contributed by atoms with Gasteiger partial charge in [-0.05, 0) is 38.5 Å². The summed E-state index contributed by atoms with van der Waals surface area (Å²) in [6, 6.07) is 0. The number of hydrogen-bond donors (Lipinski definition) is 1. The lowest BCUT2D eigenvalue weighted by molar-refractivity contribution is 0.0113. The Morgan fingerprint density at radius 2 is 1.56 bits per heavy atom. The highest BCUT2D eigenvalue weighted by Gasteiger charge is 2.35. The molecule has 0 rings (SSSR count). The summed E-state index contributed by atoms with van der Waals surface area (Å²) in [7, 11) is 0. The normalized spacial score (nSPS) is 15.6. The van der Waals surface area contributed by atoms with Crippen LogP contribution in [0.4, 0.5) is 0 Å². The summed E-state index contributed by atoms with van der Waals surface area (Å²) >= 11 is 0. The van der Waals surface area contributed by atoms with Gasteiger partial charge in [-0.25, -0.2) is 0 Å². The summed E-state index contributed by atoms with van der Waals surface area (Å²) in [5.41, 5.74) is -1.16. The van der Waals surface area contributed by atoms with Crippen LogP contribution >= 0.6 is 0 Å². The van der Waals surface area contributed by atoms with Crippen LogP contribution in [0.15, 0.2) is 0 Å². The third-order valence-electron chi connectivity index (χ3n) is 2.94. The molecule has 18 heavy (non-hydrogen) atoms. The first-order chi connectivity index (χ1) is 7.92. The van der Waals surface area contributed by atoms with Gasteiger partial charge in [-0.15, -0.1) is 12.3 Å². The first kappa shape index (κ1) is 17.1. The number of hydrogen-bond acceptors (Lipinski definition) is 1. The zero-order chi connectivity index (χ0) is 14.6. The molecule has 0 radical (unpaired) electrons. The van der Waals surface area contributed by atoms with Crippen molar-refractivity contribution in [2.45, 2.75) is 66.9 Å². The van der Waals surface area contributed by atoms with E-state index in [0.717, 1.165) is 0 Å². The lowest BCUT2D eigenvalue weighted by Gasteiger charge is -2.35. The van der Waals surface area contributed by atoms with E-state index in [1.807, 2.05) is 34.6 Å². The predicted molar refractivity (Wildman–Crippen MR) is 78.9 cm³/mol. The van der Waals surface area contributed by atoms with E-state index in [2.05, 4.69) is 31.6 Å². The fourth-order valence-electron chi connectivity index (χ4n) is 1.76. The smallest absolute Gasteiger partial charge is 0.128 e. The first-order valence-electron chi connectivity index (χ1n) is 6.62. The fraction of sp³-hybridized carbons (Fsp3) is 0.765. The van der Waals surface area contributed by atoms with Crippen molar-refractivity contribution in [2.24, 2.45) is 16.7 Å². The Kier molecular flexibility index (Phi) is 5.52.